The zero-order valence-corrected chi connectivity index (χ0v) is 19.0. The molecule has 1 atom stereocenters. The van der Waals surface area contributed by atoms with Gasteiger partial charge in [-0.05, 0) is 34.9 Å². The van der Waals surface area contributed by atoms with E-state index in [4.69, 9.17) is 4.74 Å². The molecule has 2 amide bonds. The first kappa shape index (κ1) is 23.9. The Morgan fingerprint density at radius 3 is 2.43 bits per heavy atom. The molecule has 0 bridgehead atoms. The van der Waals surface area contributed by atoms with Crippen LogP contribution in [0.5, 0.6) is 0 Å². The first-order chi connectivity index (χ1) is 14.3. The molecule has 2 rings (SSSR count). The summed E-state index contributed by atoms with van der Waals surface area (Å²) in [6, 6.07) is 10.5. The number of nitrogens with one attached hydrogen (secondary N) is 1. The predicted octanol–water partition coefficient (Wildman–Crippen LogP) is 3.54. The molecule has 0 aliphatic carbocycles. The number of anilines is 1. The normalized spacial score (nSPS) is 12.3. The molecule has 0 radical (unpaired) electrons. The second kappa shape index (κ2) is 11.1. The molecule has 0 aliphatic rings. The highest BCUT2D eigenvalue weighted by atomic mass is 32.1. The largest absolute Gasteiger partial charge is 0.383 e. The third kappa shape index (κ3) is 6.31. The number of carbonyl (C=O) groups is 2. The van der Waals surface area contributed by atoms with Gasteiger partial charge in [-0.3, -0.25) is 19.5 Å². The smallest absolute Gasteiger partial charge is 0.247 e. The monoisotopic (exact) mass is 429 g/mol. The van der Waals surface area contributed by atoms with Gasteiger partial charge in [0, 0.05) is 43.7 Å². The van der Waals surface area contributed by atoms with Crippen LogP contribution in [0.2, 0.25) is 0 Å². The lowest BCUT2D eigenvalue weighted by atomic mass is 9.87. The van der Waals surface area contributed by atoms with Crippen LogP contribution in [0.1, 0.15) is 44.4 Å². The number of aromatic nitrogens is 1. The molecule has 0 aliphatic heterocycles. The van der Waals surface area contributed by atoms with E-state index in [2.05, 4.69) is 43.7 Å². The second-order valence-corrected chi connectivity index (χ2v) is 8.45. The molecular weight excluding hydrogens is 398 g/mol. The molecule has 0 saturated carbocycles. The van der Waals surface area contributed by atoms with E-state index in [1.807, 2.05) is 24.3 Å². The molecule has 1 aromatic carbocycles. The highest BCUT2D eigenvalue weighted by Crippen LogP contribution is 2.31. The summed E-state index contributed by atoms with van der Waals surface area (Å²) >= 11 is 4.22. The fraction of sp³-hybridized carbons (Fsp3) is 0.435. The van der Waals surface area contributed by atoms with Gasteiger partial charge in [-0.15, -0.1) is 0 Å². The molecule has 1 N–H and O–H groups in total. The van der Waals surface area contributed by atoms with Crippen LogP contribution in [0.4, 0.5) is 5.69 Å². The summed E-state index contributed by atoms with van der Waals surface area (Å²) in [6.45, 7) is 7.13. The standard InChI is InChI=1S/C23H31N3O3S/c1-23(2,3)18-7-9-19(10-8-18)26(20(27)11-15-30)21(17-6-5-12-24-16-17)22(28)25-13-14-29-4/h5-10,12,16,21,30H,11,13-15H2,1-4H3,(H,25,28)/t21-/m1/s1. The van der Waals surface area contributed by atoms with Crippen molar-refractivity contribution in [2.45, 2.75) is 38.6 Å². The van der Waals surface area contributed by atoms with Crippen LogP contribution in [0.15, 0.2) is 48.8 Å². The van der Waals surface area contributed by atoms with Crippen molar-refractivity contribution < 1.29 is 14.3 Å². The lowest BCUT2D eigenvalue weighted by Gasteiger charge is -2.32. The van der Waals surface area contributed by atoms with E-state index in [1.165, 1.54) is 0 Å². The number of benzene rings is 1. The second-order valence-electron chi connectivity index (χ2n) is 8.01. The highest BCUT2D eigenvalue weighted by molar-refractivity contribution is 7.80. The molecule has 1 heterocycles. The molecule has 30 heavy (non-hydrogen) atoms. The van der Waals surface area contributed by atoms with E-state index in [0.717, 1.165) is 5.56 Å². The van der Waals surface area contributed by atoms with Crippen molar-refractivity contribution >= 4 is 30.1 Å². The number of thiol groups is 1. The Hall–Kier alpha value is -2.38. The quantitative estimate of drug-likeness (QED) is 0.472. The van der Waals surface area contributed by atoms with Gasteiger partial charge in [0.15, 0.2) is 0 Å². The number of pyridine rings is 1. The maximum absolute atomic E-state index is 13.2. The Kier molecular flexibility index (Phi) is 8.87. The van der Waals surface area contributed by atoms with Gasteiger partial charge < -0.3 is 10.1 Å². The number of ether oxygens (including phenoxy) is 1. The molecule has 0 spiro atoms. The first-order valence-electron chi connectivity index (χ1n) is 9.99. The summed E-state index contributed by atoms with van der Waals surface area (Å²) in [4.78, 5) is 32.0. The number of carbonyl (C=O) groups excluding carboxylic acids is 2. The van der Waals surface area contributed by atoms with Gasteiger partial charge in [-0.1, -0.05) is 39.0 Å². The summed E-state index contributed by atoms with van der Waals surface area (Å²) in [5, 5.41) is 2.86. The fourth-order valence-electron chi connectivity index (χ4n) is 3.10. The molecule has 7 heteroatoms. The van der Waals surface area contributed by atoms with Crippen LogP contribution in [0.3, 0.4) is 0 Å². The van der Waals surface area contributed by atoms with Crippen molar-refractivity contribution in [1.29, 1.82) is 0 Å². The number of hydrogen-bond acceptors (Lipinski definition) is 5. The Balaban J connectivity index is 2.50. The van der Waals surface area contributed by atoms with Crippen LogP contribution in [0, 0.1) is 0 Å². The van der Waals surface area contributed by atoms with Crippen LogP contribution in [0.25, 0.3) is 0 Å². The summed E-state index contributed by atoms with van der Waals surface area (Å²) < 4.78 is 5.04. The molecule has 162 valence electrons. The van der Waals surface area contributed by atoms with Crippen molar-refractivity contribution in [1.82, 2.24) is 10.3 Å². The Morgan fingerprint density at radius 2 is 1.90 bits per heavy atom. The molecule has 0 saturated heterocycles. The maximum atomic E-state index is 13.2. The summed E-state index contributed by atoms with van der Waals surface area (Å²) in [6.07, 6.45) is 3.47. The summed E-state index contributed by atoms with van der Waals surface area (Å²) in [7, 11) is 1.57. The topological polar surface area (TPSA) is 71.5 Å². The van der Waals surface area contributed by atoms with Gasteiger partial charge in [-0.25, -0.2) is 0 Å². The van der Waals surface area contributed by atoms with Gasteiger partial charge in [0.1, 0.15) is 6.04 Å². The van der Waals surface area contributed by atoms with Crippen LogP contribution < -0.4 is 10.2 Å². The van der Waals surface area contributed by atoms with Crippen LogP contribution in [-0.4, -0.2) is 42.8 Å². The van der Waals surface area contributed by atoms with Crippen molar-refractivity contribution in [3.63, 3.8) is 0 Å². The Labute approximate surface area is 184 Å². The first-order valence-corrected chi connectivity index (χ1v) is 10.6. The van der Waals surface area contributed by atoms with Gasteiger partial charge >= 0.3 is 0 Å². The third-order valence-corrected chi connectivity index (χ3v) is 4.94. The van der Waals surface area contributed by atoms with E-state index in [-0.39, 0.29) is 23.7 Å². The van der Waals surface area contributed by atoms with E-state index in [9.17, 15) is 9.59 Å². The van der Waals surface area contributed by atoms with Crippen molar-refractivity contribution in [3.05, 3.63) is 59.9 Å². The SMILES string of the molecule is COCCNC(=O)[C@@H](c1cccnc1)N(C(=O)CCS)c1ccc(C(C)(C)C)cc1. The number of hydrogen-bond donors (Lipinski definition) is 2. The number of rotatable bonds is 9. The lowest BCUT2D eigenvalue weighted by molar-refractivity contribution is -0.126. The van der Waals surface area contributed by atoms with E-state index in [0.29, 0.717) is 30.2 Å². The van der Waals surface area contributed by atoms with E-state index < -0.39 is 6.04 Å². The minimum Gasteiger partial charge on any atom is -0.383 e. The van der Waals surface area contributed by atoms with Crippen molar-refractivity contribution in [2.75, 3.05) is 30.9 Å². The minimum absolute atomic E-state index is 0.0151. The number of amides is 2. The minimum atomic E-state index is -0.844. The van der Waals surface area contributed by atoms with Gasteiger partial charge in [0.05, 0.1) is 6.61 Å². The van der Waals surface area contributed by atoms with Crippen molar-refractivity contribution in [3.8, 4) is 0 Å². The molecule has 0 fully saturated rings. The highest BCUT2D eigenvalue weighted by Gasteiger charge is 2.32. The molecule has 2 aromatic rings. The Morgan fingerprint density at radius 1 is 1.20 bits per heavy atom. The lowest BCUT2D eigenvalue weighted by Crippen LogP contribution is -2.45. The average Bonchev–Trinajstić information content (AvgIpc) is 2.72. The molecule has 1 aromatic heterocycles. The van der Waals surface area contributed by atoms with E-state index in [1.54, 1.807) is 36.5 Å². The summed E-state index contributed by atoms with van der Waals surface area (Å²) in [5.41, 5.74) is 2.43. The average molecular weight is 430 g/mol. The predicted molar refractivity (Wildman–Crippen MR) is 123 cm³/mol. The van der Waals surface area contributed by atoms with Crippen LogP contribution in [-0.2, 0) is 19.7 Å². The van der Waals surface area contributed by atoms with Gasteiger partial charge in [0.25, 0.3) is 0 Å². The zero-order chi connectivity index (χ0) is 22.1. The number of nitrogens with zero attached hydrogens (tertiary/aromatic N) is 2. The third-order valence-electron chi connectivity index (χ3n) is 4.72. The number of methoxy groups -OCH3 is 1. The Bertz CT molecular complexity index is 820. The van der Waals surface area contributed by atoms with Crippen molar-refractivity contribution in [2.24, 2.45) is 0 Å². The summed E-state index contributed by atoms with van der Waals surface area (Å²) in [5.74, 6) is -0.0720. The fourth-order valence-corrected chi connectivity index (χ4v) is 3.29. The zero-order valence-electron chi connectivity index (χ0n) is 18.1. The molecule has 0 unspecified atom stereocenters. The van der Waals surface area contributed by atoms with Gasteiger partial charge in [-0.2, -0.15) is 12.6 Å². The van der Waals surface area contributed by atoms with E-state index >= 15 is 0 Å². The molecule has 6 nitrogen and oxygen atoms in total. The van der Waals surface area contributed by atoms with Gasteiger partial charge in [0.2, 0.25) is 11.8 Å². The van der Waals surface area contributed by atoms with Crippen LogP contribution >= 0.6 is 12.6 Å². The molecular formula is C23H31N3O3S. The maximum Gasteiger partial charge on any atom is 0.247 e.